The Kier molecular flexibility index (Phi) is 12.5. The van der Waals surface area contributed by atoms with Gasteiger partial charge in [-0.25, -0.2) is 19.2 Å². The van der Waals surface area contributed by atoms with Gasteiger partial charge >= 0.3 is 24.2 Å². The summed E-state index contributed by atoms with van der Waals surface area (Å²) in [6.45, 7) is 4.61. The fraction of sp³-hybridized carbons (Fsp3) is 0.306. The van der Waals surface area contributed by atoms with Crippen LogP contribution in [-0.2, 0) is 35.3 Å². The molecule has 4 rings (SSSR count). The topological polar surface area (TPSA) is 224 Å². The maximum absolute atomic E-state index is 12.9. The van der Waals surface area contributed by atoms with Crippen LogP contribution in [0.25, 0.3) is 0 Å². The van der Waals surface area contributed by atoms with Gasteiger partial charge in [0.2, 0.25) is 11.7 Å². The van der Waals surface area contributed by atoms with Crippen molar-refractivity contribution in [2.24, 2.45) is 0 Å². The minimum atomic E-state index is -1.41. The summed E-state index contributed by atoms with van der Waals surface area (Å²) < 4.78 is 20.8. The zero-order chi connectivity index (χ0) is 38.0. The van der Waals surface area contributed by atoms with E-state index in [0.29, 0.717) is 0 Å². The number of nitrogens with one attached hydrogen (secondary N) is 2. The van der Waals surface area contributed by atoms with Crippen LogP contribution in [0.2, 0.25) is 0 Å². The van der Waals surface area contributed by atoms with Gasteiger partial charge in [-0.3, -0.25) is 14.4 Å². The van der Waals surface area contributed by atoms with E-state index in [1.165, 1.54) is 48.5 Å². The highest BCUT2D eigenvalue weighted by Crippen LogP contribution is 2.29. The number of β-lactam (4-membered cyclic amide) rings is 1. The third-order valence-corrected chi connectivity index (χ3v) is 7.39. The normalized spacial score (nSPS) is 14.9. The minimum absolute atomic E-state index is 0.00241. The molecule has 3 unspecified atom stereocenters. The first kappa shape index (κ1) is 38.4. The number of alkyl carbamates (subject to hydrolysis) is 1. The van der Waals surface area contributed by atoms with Crippen molar-refractivity contribution in [1.82, 2.24) is 15.5 Å². The van der Waals surface area contributed by atoms with Crippen molar-refractivity contribution in [1.29, 1.82) is 0 Å². The Bertz CT molecular complexity index is 1790. The summed E-state index contributed by atoms with van der Waals surface area (Å²) in [6, 6.07) is 15.9. The summed E-state index contributed by atoms with van der Waals surface area (Å²) in [7, 11) is 0. The van der Waals surface area contributed by atoms with E-state index in [0.717, 1.165) is 10.5 Å². The summed E-state index contributed by atoms with van der Waals surface area (Å²) in [5.74, 6) is -5.05. The Labute approximate surface area is 297 Å². The van der Waals surface area contributed by atoms with Crippen molar-refractivity contribution in [3.05, 3.63) is 95.6 Å². The number of carbonyl (C=O) groups is 7. The van der Waals surface area contributed by atoms with Crippen LogP contribution in [0.1, 0.15) is 54.7 Å². The highest BCUT2D eigenvalue weighted by atomic mass is 16.7. The third-order valence-electron chi connectivity index (χ3n) is 7.39. The first-order chi connectivity index (χ1) is 24.6. The average molecular weight is 720 g/mol. The van der Waals surface area contributed by atoms with Crippen LogP contribution in [0, 0.1) is 0 Å². The second-order valence-corrected chi connectivity index (χ2v) is 12.5. The highest BCUT2D eigenvalue weighted by Gasteiger charge is 2.45. The molecule has 0 saturated carbocycles. The largest absolute Gasteiger partial charge is 0.514 e. The SMILES string of the molecule is CC(C)(C)OC(=O)NC(CCOc1ccc(C(=O)C(=O)NC2CN(C(C(=O)O)c3ccc(OC(=O)OCc4ccccc4)cc3)C2=O)cc1)C(=O)O. The lowest BCUT2D eigenvalue weighted by molar-refractivity contribution is -0.160. The molecular formula is C36H37N3O13. The number of carboxylic acid groups (broad SMARTS) is 2. The number of amides is 3. The molecule has 3 amide bonds. The second-order valence-electron chi connectivity index (χ2n) is 12.5. The number of Topliss-reactive ketones (excluding diaryl/α,β-unsaturated/α-hetero) is 1. The highest BCUT2D eigenvalue weighted by molar-refractivity contribution is 6.43. The lowest BCUT2D eigenvalue weighted by atomic mass is 9.98. The molecule has 0 bridgehead atoms. The van der Waals surface area contributed by atoms with E-state index < -0.39 is 65.5 Å². The molecule has 0 aromatic heterocycles. The van der Waals surface area contributed by atoms with Gasteiger partial charge in [0.1, 0.15) is 35.8 Å². The predicted octanol–water partition coefficient (Wildman–Crippen LogP) is 3.48. The van der Waals surface area contributed by atoms with Gasteiger partial charge < -0.3 is 44.7 Å². The third kappa shape index (κ3) is 10.8. The van der Waals surface area contributed by atoms with E-state index in [1.807, 2.05) is 6.07 Å². The lowest BCUT2D eigenvalue weighted by Crippen LogP contribution is -2.66. The predicted molar refractivity (Wildman–Crippen MR) is 179 cm³/mol. The number of carboxylic acids is 2. The zero-order valence-corrected chi connectivity index (χ0v) is 28.4. The Morgan fingerprint density at radius 3 is 2.08 bits per heavy atom. The van der Waals surface area contributed by atoms with E-state index in [2.05, 4.69) is 10.6 Å². The first-order valence-electron chi connectivity index (χ1n) is 15.9. The average Bonchev–Trinajstić information content (AvgIpc) is 3.09. The van der Waals surface area contributed by atoms with Crippen LogP contribution >= 0.6 is 0 Å². The zero-order valence-electron chi connectivity index (χ0n) is 28.4. The summed E-state index contributed by atoms with van der Waals surface area (Å²) in [4.78, 5) is 87.0. The van der Waals surface area contributed by atoms with Crippen molar-refractivity contribution in [2.45, 2.75) is 57.5 Å². The molecule has 3 aromatic rings. The number of aliphatic carboxylic acids is 2. The van der Waals surface area contributed by atoms with Gasteiger partial charge in [0, 0.05) is 12.0 Å². The molecular weight excluding hydrogens is 682 g/mol. The quantitative estimate of drug-likeness (QED) is 0.0581. The van der Waals surface area contributed by atoms with Gasteiger partial charge in [-0.05, 0) is 68.3 Å². The van der Waals surface area contributed by atoms with Crippen molar-refractivity contribution >= 4 is 41.8 Å². The number of hydrogen-bond donors (Lipinski definition) is 4. The molecule has 1 aliphatic rings. The number of likely N-dealkylation sites (tertiary alicyclic amines) is 1. The van der Waals surface area contributed by atoms with E-state index in [4.69, 9.17) is 18.9 Å². The molecule has 0 radical (unpaired) electrons. The number of carbonyl (C=O) groups excluding carboxylic acids is 5. The van der Waals surface area contributed by atoms with E-state index in [-0.39, 0.29) is 48.8 Å². The Balaban J connectivity index is 1.24. The first-order valence-corrected chi connectivity index (χ1v) is 15.9. The molecule has 3 atom stereocenters. The molecule has 1 heterocycles. The molecule has 0 aliphatic carbocycles. The monoisotopic (exact) mass is 719 g/mol. The molecule has 1 fully saturated rings. The summed E-state index contributed by atoms with van der Waals surface area (Å²) >= 11 is 0. The van der Waals surface area contributed by atoms with Gasteiger partial charge in [0.15, 0.2) is 6.04 Å². The summed E-state index contributed by atoms with van der Waals surface area (Å²) in [5.41, 5.74) is 0.119. The summed E-state index contributed by atoms with van der Waals surface area (Å²) in [5, 5.41) is 23.8. The lowest BCUT2D eigenvalue weighted by Gasteiger charge is -2.42. The van der Waals surface area contributed by atoms with E-state index in [9.17, 15) is 43.8 Å². The van der Waals surface area contributed by atoms with Crippen molar-refractivity contribution < 1.29 is 62.7 Å². The molecule has 0 spiro atoms. The van der Waals surface area contributed by atoms with Gasteiger partial charge in [-0.15, -0.1) is 0 Å². The fourth-order valence-electron chi connectivity index (χ4n) is 4.87. The van der Waals surface area contributed by atoms with Gasteiger partial charge in [0.05, 0.1) is 13.2 Å². The van der Waals surface area contributed by atoms with Gasteiger partial charge in [-0.1, -0.05) is 42.5 Å². The Morgan fingerprint density at radius 2 is 1.50 bits per heavy atom. The fourth-order valence-corrected chi connectivity index (χ4v) is 4.87. The minimum Gasteiger partial charge on any atom is -0.494 e. The van der Waals surface area contributed by atoms with E-state index >= 15 is 0 Å². The number of rotatable bonds is 15. The van der Waals surface area contributed by atoms with Crippen molar-refractivity contribution in [3.63, 3.8) is 0 Å². The molecule has 16 nitrogen and oxygen atoms in total. The molecule has 1 aliphatic heterocycles. The van der Waals surface area contributed by atoms with Crippen LogP contribution in [0.5, 0.6) is 11.5 Å². The van der Waals surface area contributed by atoms with E-state index in [1.54, 1.807) is 45.0 Å². The van der Waals surface area contributed by atoms with Crippen molar-refractivity contribution in [3.8, 4) is 11.5 Å². The molecule has 3 aromatic carbocycles. The number of hydrogen-bond acceptors (Lipinski definition) is 11. The Morgan fingerprint density at radius 1 is 0.865 bits per heavy atom. The number of ketones is 1. The standard InChI is InChI=1S/C36H37N3O13/c1-36(2,3)52-34(47)38-26(32(43)44)17-18-49-24-13-11-23(12-14-24)29(40)30(41)37-27-19-39(31(27)42)28(33(45)46)22-9-15-25(16-10-22)51-35(48)50-20-21-7-5-4-6-8-21/h4-16,26-28H,17-20H2,1-3H3,(H,37,41)(H,38,47)(H,43,44)(H,45,46). The van der Waals surface area contributed by atoms with Crippen LogP contribution in [0.15, 0.2) is 78.9 Å². The van der Waals surface area contributed by atoms with Crippen LogP contribution < -0.4 is 20.1 Å². The molecule has 4 N–H and O–H groups in total. The van der Waals surface area contributed by atoms with Crippen molar-refractivity contribution in [2.75, 3.05) is 13.2 Å². The number of nitrogens with zero attached hydrogens (tertiary/aromatic N) is 1. The molecule has 52 heavy (non-hydrogen) atoms. The maximum atomic E-state index is 12.9. The summed E-state index contributed by atoms with van der Waals surface area (Å²) in [6.07, 6.45) is -1.95. The van der Waals surface area contributed by atoms with Crippen LogP contribution in [0.4, 0.5) is 9.59 Å². The Hall–Kier alpha value is -6.45. The maximum Gasteiger partial charge on any atom is 0.514 e. The number of benzene rings is 3. The van der Waals surface area contributed by atoms with Crippen LogP contribution in [-0.4, -0.2) is 87.7 Å². The molecule has 16 heteroatoms. The van der Waals surface area contributed by atoms with Crippen LogP contribution in [0.3, 0.4) is 0 Å². The second kappa shape index (κ2) is 17.0. The molecule has 1 saturated heterocycles. The van der Waals surface area contributed by atoms with Gasteiger partial charge in [-0.2, -0.15) is 0 Å². The molecule has 274 valence electrons. The smallest absolute Gasteiger partial charge is 0.494 e. The van der Waals surface area contributed by atoms with Gasteiger partial charge in [0.25, 0.3) is 5.91 Å². The number of ether oxygens (including phenoxy) is 4.